The molecule has 1 N–H and O–H groups in total. The number of carbonyl (C=O) groups excluding carboxylic acids is 1. The quantitative estimate of drug-likeness (QED) is 0.623. The number of nitrogens with zero attached hydrogens (tertiary/aromatic N) is 2. The third kappa shape index (κ3) is 4.82. The Morgan fingerprint density at radius 3 is 2.45 bits per heavy atom. The summed E-state index contributed by atoms with van der Waals surface area (Å²) in [5.74, 6) is 0.157. The average Bonchev–Trinajstić information content (AvgIpc) is 2.72. The van der Waals surface area contributed by atoms with Crippen molar-refractivity contribution in [2.24, 2.45) is 0 Å². The van der Waals surface area contributed by atoms with Crippen molar-refractivity contribution in [3.63, 3.8) is 0 Å². The maximum Gasteiger partial charge on any atom is 0.321 e. The van der Waals surface area contributed by atoms with Crippen molar-refractivity contribution in [3.05, 3.63) is 92.8 Å². The molecular formula is C22H23N3O4. The van der Waals surface area contributed by atoms with Gasteiger partial charge in [-0.3, -0.25) is 23.5 Å². The van der Waals surface area contributed by atoms with Crippen LogP contribution in [0.4, 0.5) is 0 Å². The van der Waals surface area contributed by atoms with Crippen molar-refractivity contribution < 1.29 is 9.53 Å². The lowest BCUT2D eigenvalue weighted by atomic mass is 10.1. The minimum Gasteiger partial charge on any atom is -0.492 e. The zero-order valence-corrected chi connectivity index (χ0v) is 16.4. The molecule has 3 aromatic rings. The number of amides is 1. The maximum atomic E-state index is 12.6. The monoisotopic (exact) mass is 393 g/mol. The molecule has 7 nitrogen and oxygen atoms in total. The molecular weight excluding hydrogens is 370 g/mol. The minimum absolute atomic E-state index is 0.228. The Kier molecular flexibility index (Phi) is 6.29. The van der Waals surface area contributed by atoms with Gasteiger partial charge in [-0.2, -0.15) is 0 Å². The molecule has 0 saturated carbocycles. The standard InChI is InChI=1S/C22H23N3O4/c1-3-29-19-7-5-4-6-18(19)25-13-12-24(21(27)22(25)28)15-20(26)23-14-17-10-8-16(2)9-11-17/h4-13H,3,14-15H2,1-2H3,(H,23,26). The number of nitrogens with one attached hydrogen (secondary N) is 1. The van der Waals surface area contributed by atoms with E-state index in [-0.39, 0.29) is 12.5 Å². The van der Waals surface area contributed by atoms with Gasteiger partial charge < -0.3 is 10.1 Å². The first-order chi connectivity index (χ1) is 14.0. The predicted octanol–water partition coefficient (Wildman–Crippen LogP) is 2.02. The van der Waals surface area contributed by atoms with E-state index in [0.717, 1.165) is 15.7 Å². The van der Waals surface area contributed by atoms with Gasteiger partial charge in [-0.15, -0.1) is 0 Å². The second kappa shape index (κ2) is 9.05. The van der Waals surface area contributed by atoms with Gasteiger partial charge in [0.05, 0.1) is 12.3 Å². The number of aryl methyl sites for hydroxylation is 1. The Labute approximate surface area is 168 Å². The molecule has 0 atom stereocenters. The number of carbonyl (C=O) groups is 1. The van der Waals surface area contributed by atoms with E-state index in [0.29, 0.717) is 24.6 Å². The number of aromatic nitrogens is 2. The minimum atomic E-state index is -0.774. The molecule has 1 heterocycles. The van der Waals surface area contributed by atoms with Crippen LogP contribution in [0.25, 0.3) is 5.69 Å². The molecule has 0 aliphatic carbocycles. The fourth-order valence-electron chi connectivity index (χ4n) is 2.87. The molecule has 150 valence electrons. The van der Waals surface area contributed by atoms with Crippen LogP contribution < -0.4 is 21.2 Å². The average molecular weight is 393 g/mol. The highest BCUT2D eigenvalue weighted by atomic mass is 16.5. The molecule has 0 aliphatic rings. The van der Waals surface area contributed by atoms with E-state index >= 15 is 0 Å². The smallest absolute Gasteiger partial charge is 0.321 e. The van der Waals surface area contributed by atoms with E-state index < -0.39 is 11.1 Å². The third-order valence-electron chi connectivity index (χ3n) is 4.41. The third-order valence-corrected chi connectivity index (χ3v) is 4.41. The van der Waals surface area contributed by atoms with Crippen LogP contribution in [0.5, 0.6) is 5.75 Å². The van der Waals surface area contributed by atoms with Crippen LogP contribution in [0.2, 0.25) is 0 Å². The fourth-order valence-corrected chi connectivity index (χ4v) is 2.87. The summed E-state index contributed by atoms with van der Waals surface area (Å²) in [6.45, 7) is 4.39. The van der Waals surface area contributed by atoms with E-state index in [2.05, 4.69) is 5.32 Å². The zero-order valence-electron chi connectivity index (χ0n) is 16.4. The van der Waals surface area contributed by atoms with Crippen LogP contribution in [-0.2, 0) is 17.9 Å². The van der Waals surface area contributed by atoms with Crippen LogP contribution >= 0.6 is 0 Å². The van der Waals surface area contributed by atoms with Crippen LogP contribution in [0.3, 0.4) is 0 Å². The fraction of sp³-hybridized carbons (Fsp3) is 0.227. The van der Waals surface area contributed by atoms with Gasteiger partial charge in [0.15, 0.2) is 0 Å². The summed E-state index contributed by atoms with van der Waals surface area (Å²) in [5.41, 5.74) is 1.06. The predicted molar refractivity (Wildman–Crippen MR) is 110 cm³/mol. The summed E-state index contributed by atoms with van der Waals surface area (Å²) in [6, 6.07) is 14.8. The number of para-hydroxylation sites is 2. The van der Waals surface area contributed by atoms with Crippen LogP contribution in [0.1, 0.15) is 18.1 Å². The molecule has 7 heteroatoms. The molecule has 2 aromatic carbocycles. The lowest BCUT2D eigenvalue weighted by molar-refractivity contribution is -0.121. The second-order valence-electron chi connectivity index (χ2n) is 6.57. The first-order valence-electron chi connectivity index (χ1n) is 9.36. The molecule has 0 radical (unpaired) electrons. The lowest BCUT2D eigenvalue weighted by Crippen LogP contribution is -2.42. The SMILES string of the molecule is CCOc1ccccc1-n1ccn(CC(=O)NCc2ccc(C)cc2)c(=O)c1=O. The van der Waals surface area contributed by atoms with E-state index in [1.807, 2.05) is 38.1 Å². The van der Waals surface area contributed by atoms with Crippen molar-refractivity contribution in [1.82, 2.24) is 14.5 Å². The normalized spacial score (nSPS) is 10.6. The van der Waals surface area contributed by atoms with Crippen LogP contribution in [0.15, 0.2) is 70.5 Å². The molecule has 0 aliphatic heterocycles. The topological polar surface area (TPSA) is 82.3 Å². The van der Waals surface area contributed by atoms with E-state index in [1.54, 1.807) is 24.3 Å². The second-order valence-corrected chi connectivity index (χ2v) is 6.57. The van der Waals surface area contributed by atoms with Crippen molar-refractivity contribution in [3.8, 4) is 11.4 Å². The van der Waals surface area contributed by atoms with Gasteiger partial charge in [0.1, 0.15) is 12.3 Å². The summed E-state index contributed by atoms with van der Waals surface area (Å²) in [5, 5.41) is 2.76. The molecule has 0 bridgehead atoms. The number of benzene rings is 2. The van der Waals surface area contributed by atoms with E-state index in [1.165, 1.54) is 17.0 Å². The van der Waals surface area contributed by atoms with E-state index in [4.69, 9.17) is 4.74 Å². The van der Waals surface area contributed by atoms with Gasteiger partial charge in [-0.25, -0.2) is 0 Å². The van der Waals surface area contributed by atoms with Crippen molar-refractivity contribution in [1.29, 1.82) is 0 Å². The highest BCUT2D eigenvalue weighted by Gasteiger charge is 2.12. The van der Waals surface area contributed by atoms with Gasteiger partial charge in [-0.1, -0.05) is 42.0 Å². The van der Waals surface area contributed by atoms with Gasteiger partial charge in [-0.05, 0) is 31.5 Å². The lowest BCUT2D eigenvalue weighted by Gasteiger charge is -2.13. The van der Waals surface area contributed by atoms with Crippen LogP contribution in [-0.4, -0.2) is 21.6 Å². The van der Waals surface area contributed by atoms with Crippen molar-refractivity contribution in [2.75, 3.05) is 6.61 Å². The number of rotatable bonds is 7. The van der Waals surface area contributed by atoms with Gasteiger partial charge in [0, 0.05) is 18.9 Å². The van der Waals surface area contributed by atoms with Crippen molar-refractivity contribution in [2.45, 2.75) is 26.9 Å². The largest absolute Gasteiger partial charge is 0.492 e. The molecule has 0 unspecified atom stereocenters. The molecule has 0 spiro atoms. The maximum absolute atomic E-state index is 12.6. The Bertz CT molecular complexity index is 1110. The summed E-state index contributed by atoms with van der Waals surface area (Å²) in [6.07, 6.45) is 2.90. The Balaban J connectivity index is 1.76. The highest BCUT2D eigenvalue weighted by Crippen LogP contribution is 2.20. The van der Waals surface area contributed by atoms with Crippen LogP contribution in [0, 0.1) is 6.92 Å². The summed E-state index contributed by atoms with van der Waals surface area (Å²) in [4.78, 5) is 37.3. The molecule has 1 aromatic heterocycles. The number of hydrogen-bond acceptors (Lipinski definition) is 4. The molecule has 3 rings (SSSR count). The molecule has 29 heavy (non-hydrogen) atoms. The summed E-state index contributed by atoms with van der Waals surface area (Å²) in [7, 11) is 0. The van der Waals surface area contributed by atoms with Gasteiger partial charge >= 0.3 is 11.1 Å². The van der Waals surface area contributed by atoms with Gasteiger partial charge in [0.25, 0.3) is 0 Å². The Morgan fingerprint density at radius 1 is 1.00 bits per heavy atom. The molecule has 0 fully saturated rings. The highest BCUT2D eigenvalue weighted by molar-refractivity contribution is 5.75. The first-order valence-corrected chi connectivity index (χ1v) is 9.36. The molecule has 1 amide bonds. The Hall–Kier alpha value is -3.61. The number of hydrogen-bond donors (Lipinski definition) is 1. The summed E-state index contributed by atoms with van der Waals surface area (Å²) < 4.78 is 7.86. The summed E-state index contributed by atoms with van der Waals surface area (Å²) >= 11 is 0. The van der Waals surface area contributed by atoms with E-state index in [9.17, 15) is 14.4 Å². The first kappa shape index (κ1) is 20.1. The zero-order chi connectivity index (χ0) is 20.8. The van der Waals surface area contributed by atoms with Gasteiger partial charge in [0.2, 0.25) is 5.91 Å². The molecule has 0 saturated heterocycles. The Morgan fingerprint density at radius 2 is 1.72 bits per heavy atom. The number of ether oxygens (including phenoxy) is 1. The van der Waals surface area contributed by atoms with Crippen molar-refractivity contribution >= 4 is 5.91 Å².